The van der Waals surface area contributed by atoms with Crippen LogP contribution in [-0.4, -0.2) is 64.8 Å². The third kappa shape index (κ3) is 4.50. The van der Waals surface area contributed by atoms with Crippen molar-refractivity contribution < 1.29 is 13.9 Å². The molecule has 21 heavy (non-hydrogen) atoms. The van der Waals surface area contributed by atoms with Crippen molar-refractivity contribution in [3.63, 3.8) is 0 Å². The van der Waals surface area contributed by atoms with Gasteiger partial charge in [-0.25, -0.2) is 0 Å². The molecule has 0 radical (unpaired) electrons. The van der Waals surface area contributed by atoms with E-state index in [9.17, 15) is 4.79 Å². The molecule has 1 aliphatic heterocycles. The van der Waals surface area contributed by atoms with E-state index in [1.807, 2.05) is 37.6 Å². The zero-order valence-electron chi connectivity index (χ0n) is 13.2. The normalized spacial score (nSPS) is 22.8. The molecule has 0 bridgehead atoms. The van der Waals surface area contributed by atoms with Gasteiger partial charge in [0.25, 0.3) is 0 Å². The van der Waals surface area contributed by atoms with Crippen molar-refractivity contribution in [2.24, 2.45) is 0 Å². The number of ether oxygens (including phenoxy) is 1. The summed E-state index contributed by atoms with van der Waals surface area (Å²) in [5, 5.41) is 7.89. The summed E-state index contributed by atoms with van der Waals surface area (Å²) >= 11 is 0. The van der Waals surface area contributed by atoms with Crippen molar-refractivity contribution in [1.29, 1.82) is 0 Å². The molecule has 2 unspecified atom stereocenters. The van der Waals surface area contributed by atoms with Crippen LogP contribution in [0.2, 0.25) is 0 Å². The number of rotatable bonds is 5. The van der Waals surface area contributed by atoms with Crippen LogP contribution in [0.25, 0.3) is 0 Å². The molecule has 1 aliphatic rings. The van der Waals surface area contributed by atoms with Gasteiger partial charge in [-0.1, -0.05) is 6.92 Å². The molecule has 1 aromatic heterocycles. The van der Waals surface area contributed by atoms with Crippen molar-refractivity contribution in [3.05, 3.63) is 11.8 Å². The van der Waals surface area contributed by atoms with E-state index in [2.05, 4.69) is 10.2 Å². The Labute approximate surface area is 125 Å². The maximum absolute atomic E-state index is 12.3. The van der Waals surface area contributed by atoms with Crippen LogP contribution >= 0.6 is 0 Å². The van der Waals surface area contributed by atoms with E-state index >= 15 is 0 Å². The largest absolute Gasteiger partial charge is 0.424 e. The summed E-state index contributed by atoms with van der Waals surface area (Å²) in [5.41, 5.74) is 0. The van der Waals surface area contributed by atoms with Gasteiger partial charge in [0.1, 0.15) is 0 Å². The van der Waals surface area contributed by atoms with Crippen LogP contribution in [0.3, 0.4) is 0 Å². The Balaban J connectivity index is 1.83. The van der Waals surface area contributed by atoms with Crippen LogP contribution in [-0.2, 0) is 22.5 Å². The van der Waals surface area contributed by atoms with Gasteiger partial charge in [-0.3, -0.25) is 9.69 Å². The molecule has 0 spiro atoms. The van der Waals surface area contributed by atoms with Crippen LogP contribution in [0.1, 0.15) is 32.6 Å². The summed E-state index contributed by atoms with van der Waals surface area (Å²) < 4.78 is 11.1. The van der Waals surface area contributed by atoms with Gasteiger partial charge in [0.05, 0.1) is 25.3 Å². The Morgan fingerprint density at radius 2 is 1.90 bits per heavy atom. The highest BCUT2D eigenvalue weighted by atomic mass is 16.5. The first-order valence-electron chi connectivity index (χ1n) is 7.41. The second-order valence-electron chi connectivity index (χ2n) is 5.67. The smallest absolute Gasteiger partial charge is 0.236 e. The van der Waals surface area contributed by atoms with Crippen molar-refractivity contribution in [2.75, 3.05) is 26.7 Å². The summed E-state index contributed by atoms with van der Waals surface area (Å²) in [6, 6.07) is 0. The van der Waals surface area contributed by atoms with Gasteiger partial charge >= 0.3 is 0 Å². The number of amides is 1. The van der Waals surface area contributed by atoms with E-state index in [1.54, 1.807) is 0 Å². The summed E-state index contributed by atoms with van der Waals surface area (Å²) in [6.07, 6.45) is 0.899. The number of hydrogen-bond donors (Lipinski definition) is 0. The lowest BCUT2D eigenvalue weighted by Crippen LogP contribution is -2.50. The van der Waals surface area contributed by atoms with E-state index in [0.717, 1.165) is 6.42 Å². The molecular weight excluding hydrogens is 272 g/mol. The lowest BCUT2D eigenvalue weighted by Gasteiger charge is -2.36. The van der Waals surface area contributed by atoms with Crippen molar-refractivity contribution in [2.45, 2.75) is 45.9 Å². The third-order valence-corrected chi connectivity index (χ3v) is 3.39. The van der Waals surface area contributed by atoms with E-state index < -0.39 is 0 Å². The lowest BCUT2D eigenvalue weighted by atomic mass is 10.2. The van der Waals surface area contributed by atoms with Crippen molar-refractivity contribution >= 4 is 5.91 Å². The van der Waals surface area contributed by atoms with Crippen LogP contribution in [0.4, 0.5) is 0 Å². The number of hydrogen-bond acceptors (Lipinski definition) is 6. The van der Waals surface area contributed by atoms with Gasteiger partial charge in [-0.2, -0.15) is 0 Å². The monoisotopic (exact) mass is 296 g/mol. The number of carbonyl (C=O) groups excluding carboxylic acids is 1. The molecule has 1 fully saturated rings. The molecule has 118 valence electrons. The molecule has 1 aromatic rings. The summed E-state index contributed by atoms with van der Waals surface area (Å²) in [5.74, 6) is 1.28. The number of nitrogens with zero attached hydrogens (tertiary/aromatic N) is 4. The summed E-state index contributed by atoms with van der Waals surface area (Å²) in [7, 11) is 1.88. The Kier molecular flexibility index (Phi) is 5.30. The Bertz CT molecular complexity index is 467. The predicted molar refractivity (Wildman–Crippen MR) is 76.6 cm³/mol. The minimum atomic E-state index is 0.0889. The lowest BCUT2D eigenvalue weighted by molar-refractivity contribution is -0.144. The standard InChI is InChI=1S/C14H24N4O3/c1-5-12-15-16-13(21-12)8-17(4)9-14(19)18-6-10(2)20-11(3)7-18/h10-11H,5-9H2,1-4H3. The maximum atomic E-state index is 12.3. The molecule has 2 atom stereocenters. The predicted octanol–water partition coefficient (Wildman–Crippen LogP) is 0.700. The molecule has 0 N–H and O–H groups in total. The average molecular weight is 296 g/mol. The first kappa shape index (κ1) is 15.9. The van der Waals surface area contributed by atoms with Crippen LogP contribution in [0.15, 0.2) is 4.42 Å². The fraction of sp³-hybridized carbons (Fsp3) is 0.786. The Hall–Kier alpha value is -1.47. The van der Waals surface area contributed by atoms with E-state index in [0.29, 0.717) is 38.0 Å². The zero-order valence-corrected chi connectivity index (χ0v) is 13.2. The van der Waals surface area contributed by atoms with Gasteiger partial charge in [0, 0.05) is 19.5 Å². The number of carbonyl (C=O) groups is 1. The first-order valence-corrected chi connectivity index (χ1v) is 7.41. The second kappa shape index (κ2) is 7.00. The zero-order chi connectivity index (χ0) is 15.4. The Morgan fingerprint density at radius 1 is 1.29 bits per heavy atom. The van der Waals surface area contributed by atoms with Crippen molar-refractivity contribution in [1.82, 2.24) is 20.0 Å². The quantitative estimate of drug-likeness (QED) is 0.796. The highest BCUT2D eigenvalue weighted by Gasteiger charge is 2.26. The highest BCUT2D eigenvalue weighted by molar-refractivity contribution is 5.78. The van der Waals surface area contributed by atoms with Crippen LogP contribution < -0.4 is 0 Å². The topological polar surface area (TPSA) is 71.7 Å². The maximum Gasteiger partial charge on any atom is 0.236 e. The molecule has 0 saturated carbocycles. The van der Waals surface area contributed by atoms with Gasteiger partial charge in [0.15, 0.2) is 0 Å². The second-order valence-corrected chi connectivity index (χ2v) is 5.67. The molecule has 2 rings (SSSR count). The molecule has 7 nitrogen and oxygen atoms in total. The highest BCUT2D eigenvalue weighted by Crippen LogP contribution is 2.11. The number of morpholine rings is 1. The van der Waals surface area contributed by atoms with Crippen LogP contribution in [0, 0.1) is 0 Å². The van der Waals surface area contributed by atoms with Crippen molar-refractivity contribution in [3.8, 4) is 0 Å². The van der Waals surface area contributed by atoms with E-state index in [-0.39, 0.29) is 18.1 Å². The van der Waals surface area contributed by atoms with Gasteiger partial charge in [-0.05, 0) is 20.9 Å². The molecular formula is C14H24N4O3. The minimum absolute atomic E-state index is 0.0889. The van der Waals surface area contributed by atoms with Gasteiger partial charge < -0.3 is 14.1 Å². The average Bonchev–Trinajstić information content (AvgIpc) is 2.85. The Morgan fingerprint density at radius 3 is 2.48 bits per heavy atom. The SMILES string of the molecule is CCc1nnc(CN(C)CC(=O)N2CC(C)OC(C)C2)o1. The van der Waals surface area contributed by atoms with E-state index in [4.69, 9.17) is 9.15 Å². The molecule has 2 heterocycles. The van der Waals surface area contributed by atoms with Gasteiger partial charge in [-0.15, -0.1) is 10.2 Å². The third-order valence-electron chi connectivity index (χ3n) is 3.39. The minimum Gasteiger partial charge on any atom is -0.424 e. The van der Waals surface area contributed by atoms with E-state index in [1.165, 1.54) is 0 Å². The molecule has 1 saturated heterocycles. The summed E-state index contributed by atoms with van der Waals surface area (Å²) in [4.78, 5) is 16.1. The molecule has 0 aliphatic carbocycles. The fourth-order valence-electron chi connectivity index (χ4n) is 2.49. The number of aromatic nitrogens is 2. The fourth-order valence-corrected chi connectivity index (χ4v) is 2.49. The molecule has 0 aromatic carbocycles. The molecule has 7 heteroatoms. The van der Waals surface area contributed by atoms with Crippen LogP contribution in [0.5, 0.6) is 0 Å². The first-order chi connectivity index (χ1) is 9.97. The molecule has 1 amide bonds. The summed E-state index contributed by atoms with van der Waals surface area (Å²) in [6.45, 7) is 8.06. The number of likely N-dealkylation sites (N-methyl/N-ethyl adjacent to an activating group) is 1. The van der Waals surface area contributed by atoms with Gasteiger partial charge in [0.2, 0.25) is 17.7 Å². The number of aryl methyl sites for hydroxylation is 1.